The molecule has 0 rings (SSSR count). The van der Waals surface area contributed by atoms with E-state index in [-0.39, 0.29) is 7.43 Å². The zero-order valence-electron chi connectivity index (χ0n) is 5.64. The molecule has 2 nitrogen and oxygen atoms in total. The molecule has 9 heavy (non-hydrogen) atoms. The quantitative estimate of drug-likeness (QED) is 0.550. The van der Waals surface area contributed by atoms with Gasteiger partial charge in [0.2, 0.25) is 0 Å². The van der Waals surface area contributed by atoms with Gasteiger partial charge in [-0.15, -0.1) is 0 Å². The van der Waals surface area contributed by atoms with Gasteiger partial charge < -0.3 is 9.59 Å². The van der Waals surface area contributed by atoms with Crippen LogP contribution in [0.4, 0.5) is 0 Å². The topological polar surface area (TPSA) is 34.1 Å². The first-order valence-corrected chi connectivity index (χ1v) is 2.49. The van der Waals surface area contributed by atoms with Crippen LogP contribution in [-0.4, -0.2) is 13.6 Å². The third-order valence-electron chi connectivity index (χ3n) is 0.500. The van der Waals surface area contributed by atoms with Gasteiger partial charge in [0.1, 0.15) is 13.6 Å². The second-order valence-corrected chi connectivity index (χ2v) is 1.000. The van der Waals surface area contributed by atoms with Crippen molar-refractivity contribution in [1.82, 2.24) is 0 Å². The minimum Gasteiger partial charge on any atom is -0.307 e. The normalized spacial score (nSPS) is 4.22. The predicted octanol–water partition coefficient (Wildman–Crippen LogP) is 2.07. The number of unbranched alkanes of at least 4 members (excludes halogenated alkanes) is 1. The largest absolute Gasteiger partial charge is 0.307 e. The average Bonchev–Trinajstić information content (AvgIpc) is 1.96. The van der Waals surface area contributed by atoms with E-state index in [1.807, 2.05) is 13.6 Å². The Kier molecular flexibility index (Phi) is 436. The molecule has 0 saturated carbocycles. The zero-order chi connectivity index (χ0) is 7.41. The molecule has 0 aliphatic carbocycles. The summed E-state index contributed by atoms with van der Waals surface area (Å²) in [5.41, 5.74) is 0. The Morgan fingerprint density at radius 1 is 0.889 bits per heavy atom. The van der Waals surface area contributed by atoms with Crippen LogP contribution in [0.25, 0.3) is 0 Å². The molecule has 2 heteroatoms. The van der Waals surface area contributed by atoms with Crippen molar-refractivity contribution in [1.29, 1.82) is 0 Å². The van der Waals surface area contributed by atoms with E-state index in [2.05, 4.69) is 13.8 Å². The Hall–Kier alpha value is -0.660. The van der Waals surface area contributed by atoms with E-state index in [0.717, 1.165) is 0 Å². The van der Waals surface area contributed by atoms with Gasteiger partial charge in [-0.2, -0.15) is 0 Å². The van der Waals surface area contributed by atoms with Crippen LogP contribution in [-0.2, 0) is 9.59 Å². The van der Waals surface area contributed by atoms with Crippen molar-refractivity contribution in [3.63, 3.8) is 0 Å². The van der Waals surface area contributed by atoms with Gasteiger partial charge in [-0.3, -0.25) is 0 Å². The number of hydrogen-bond donors (Lipinski definition) is 0. The molecule has 0 amide bonds. The van der Waals surface area contributed by atoms with Crippen LogP contribution in [0.2, 0.25) is 0 Å². The highest BCUT2D eigenvalue weighted by atomic mass is 16.1. The van der Waals surface area contributed by atoms with E-state index in [9.17, 15) is 0 Å². The number of carbonyl (C=O) groups excluding carboxylic acids is 2. The Morgan fingerprint density at radius 3 is 1.00 bits per heavy atom. The van der Waals surface area contributed by atoms with Gasteiger partial charge >= 0.3 is 0 Å². The Bertz CT molecular complexity index is 18.9. The summed E-state index contributed by atoms with van der Waals surface area (Å²) in [4.78, 5) is 16.0. The second-order valence-electron chi connectivity index (χ2n) is 1.000. The molecular weight excluding hydrogens is 116 g/mol. The van der Waals surface area contributed by atoms with Crippen molar-refractivity contribution in [3.05, 3.63) is 0 Å². The zero-order valence-corrected chi connectivity index (χ0v) is 5.64. The predicted molar refractivity (Wildman–Crippen MR) is 41.6 cm³/mol. The van der Waals surface area contributed by atoms with Crippen LogP contribution < -0.4 is 0 Å². The standard InChI is InChI=1S/C4H10.2CH2O.CH4/c1-3-4-2;2*1-2;/h3-4H2,1-2H3;2*1H2;1H4. The lowest BCUT2D eigenvalue weighted by atomic mass is 10.4. The molecule has 58 valence electrons. The molecule has 0 heterocycles. The number of rotatable bonds is 1. The van der Waals surface area contributed by atoms with Gasteiger partial charge in [-0.05, 0) is 0 Å². The summed E-state index contributed by atoms with van der Waals surface area (Å²) in [5.74, 6) is 0. The molecule has 0 N–H and O–H groups in total. The highest BCUT2D eigenvalue weighted by Crippen LogP contribution is 1.76. The van der Waals surface area contributed by atoms with E-state index in [4.69, 9.17) is 9.59 Å². The van der Waals surface area contributed by atoms with Crippen molar-refractivity contribution in [2.75, 3.05) is 0 Å². The van der Waals surface area contributed by atoms with Gasteiger partial charge in [0.25, 0.3) is 0 Å². The van der Waals surface area contributed by atoms with E-state index < -0.39 is 0 Å². The maximum Gasteiger partial charge on any atom is 0.106 e. The fraction of sp³-hybridized carbons (Fsp3) is 0.714. The number of hydrogen-bond acceptors (Lipinski definition) is 2. The summed E-state index contributed by atoms with van der Waals surface area (Å²) in [6.07, 6.45) is 2.64. The molecule has 0 fully saturated rings. The Morgan fingerprint density at radius 2 is 1.00 bits per heavy atom. The summed E-state index contributed by atoms with van der Waals surface area (Å²) >= 11 is 0. The van der Waals surface area contributed by atoms with Crippen molar-refractivity contribution >= 4 is 13.6 Å². The van der Waals surface area contributed by atoms with Crippen LogP contribution >= 0.6 is 0 Å². The van der Waals surface area contributed by atoms with Crippen LogP contribution in [0.3, 0.4) is 0 Å². The van der Waals surface area contributed by atoms with Crippen molar-refractivity contribution in [2.45, 2.75) is 34.1 Å². The first-order valence-electron chi connectivity index (χ1n) is 2.49. The molecule has 0 aliphatic heterocycles. The van der Waals surface area contributed by atoms with E-state index >= 15 is 0 Å². The monoisotopic (exact) mass is 134 g/mol. The van der Waals surface area contributed by atoms with Crippen LogP contribution in [0.15, 0.2) is 0 Å². The third kappa shape index (κ3) is 1810. The fourth-order valence-electron chi connectivity index (χ4n) is 0. The SMILES string of the molecule is C.C=O.C=O.CCCC. The number of carbonyl (C=O) groups is 2. The summed E-state index contributed by atoms with van der Waals surface area (Å²) in [7, 11) is 0. The maximum absolute atomic E-state index is 8.00. The summed E-state index contributed by atoms with van der Waals surface area (Å²) in [5, 5.41) is 0. The van der Waals surface area contributed by atoms with Crippen molar-refractivity contribution in [3.8, 4) is 0 Å². The molecule has 0 bridgehead atoms. The van der Waals surface area contributed by atoms with Crippen molar-refractivity contribution in [2.24, 2.45) is 0 Å². The molecule has 0 aliphatic rings. The lowest BCUT2D eigenvalue weighted by Gasteiger charge is -1.68. The summed E-state index contributed by atoms with van der Waals surface area (Å²) in [6, 6.07) is 0. The lowest BCUT2D eigenvalue weighted by molar-refractivity contribution is -0.0987. The molecule has 0 spiro atoms. The van der Waals surface area contributed by atoms with Gasteiger partial charge in [-0.1, -0.05) is 34.1 Å². The minimum atomic E-state index is 0. The molecule has 0 aromatic carbocycles. The van der Waals surface area contributed by atoms with Gasteiger partial charge in [0.05, 0.1) is 0 Å². The third-order valence-corrected chi connectivity index (χ3v) is 0.500. The molecule has 0 atom stereocenters. The van der Waals surface area contributed by atoms with Gasteiger partial charge in [-0.25, -0.2) is 0 Å². The van der Waals surface area contributed by atoms with Crippen molar-refractivity contribution < 1.29 is 9.59 Å². The molecule has 0 aromatic rings. The molecule has 0 aromatic heterocycles. The first-order chi connectivity index (χ1) is 3.91. The lowest BCUT2D eigenvalue weighted by Crippen LogP contribution is -1.47. The fourth-order valence-corrected chi connectivity index (χ4v) is 0. The smallest absolute Gasteiger partial charge is 0.106 e. The van der Waals surface area contributed by atoms with Crippen LogP contribution in [0.5, 0.6) is 0 Å². The Balaban J connectivity index is -0.0000000221. The minimum absolute atomic E-state index is 0. The van der Waals surface area contributed by atoms with E-state index in [0.29, 0.717) is 0 Å². The van der Waals surface area contributed by atoms with Gasteiger partial charge in [0, 0.05) is 0 Å². The summed E-state index contributed by atoms with van der Waals surface area (Å²) in [6.45, 7) is 8.36. The molecule has 0 saturated heterocycles. The van der Waals surface area contributed by atoms with E-state index in [1.54, 1.807) is 0 Å². The summed E-state index contributed by atoms with van der Waals surface area (Å²) < 4.78 is 0. The highest BCUT2D eigenvalue weighted by Gasteiger charge is 1.56. The average molecular weight is 134 g/mol. The maximum atomic E-state index is 8.00. The first kappa shape index (κ1) is 23.9. The van der Waals surface area contributed by atoms with Crippen LogP contribution in [0.1, 0.15) is 34.1 Å². The molecular formula is C7H18O2. The molecule has 0 unspecified atom stereocenters. The highest BCUT2D eigenvalue weighted by molar-refractivity contribution is 5.11. The van der Waals surface area contributed by atoms with Gasteiger partial charge in [0.15, 0.2) is 0 Å². The second kappa shape index (κ2) is 164. The Labute approximate surface area is 58.3 Å². The van der Waals surface area contributed by atoms with E-state index in [1.165, 1.54) is 12.8 Å². The molecule has 0 radical (unpaired) electrons. The van der Waals surface area contributed by atoms with Crippen LogP contribution in [0, 0.1) is 0 Å².